The number of carboxylic acids is 1. The van der Waals surface area contributed by atoms with E-state index in [0.717, 1.165) is 30.5 Å². The quantitative estimate of drug-likeness (QED) is 0.878. The third-order valence-electron chi connectivity index (χ3n) is 4.03. The number of hydrogen-bond acceptors (Lipinski definition) is 4. The molecule has 1 N–H and O–H groups in total. The van der Waals surface area contributed by atoms with Gasteiger partial charge in [-0.3, -0.25) is 4.98 Å². The van der Waals surface area contributed by atoms with Crippen LogP contribution in [0.5, 0.6) is 0 Å². The molecule has 1 saturated carbocycles. The van der Waals surface area contributed by atoms with Gasteiger partial charge in [-0.25, -0.2) is 14.5 Å². The van der Waals surface area contributed by atoms with Crippen molar-refractivity contribution in [3.63, 3.8) is 0 Å². The van der Waals surface area contributed by atoms with Crippen LogP contribution in [0.1, 0.15) is 40.5 Å². The van der Waals surface area contributed by atoms with E-state index in [1.165, 1.54) is 0 Å². The predicted molar refractivity (Wildman–Crippen MR) is 65.3 cm³/mol. The van der Waals surface area contributed by atoms with Crippen LogP contribution >= 0.6 is 0 Å². The van der Waals surface area contributed by atoms with Gasteiger partial charge in [0.2, 0.25) is 0 Å². The smallest absolute Gasteiger partial charge is 0.356 e. The molecule has 2 heterocycles. The highest BCUT2D eigenvalue weighted by Gasteiger charge is 2.46. The molecule has 0 bridgehead atoms. The second-order valence-electron chi connectivity index (χ2n) is 5.13. The summed E-state index contributed by atoms with van der Waals surface area (Å²) in [5.41, 5.74) is 2.09. The maximum atomic E-state index is 11.3. The molecule has 4 rings (SSSR count). The Bertz CT molecular complexity index is 665. The highest BCUT2D eigenvalue weighted by molar-refractivity contribution is 5.87. The van der Waals surface area contributed by atoms with Crippen LogP contribution in [0.25, 0.3) is 5.82 Å². The van der Waals surface area contributed by atoms with Gasteiger partial charge in [0.05, 0.1) is 11.9 Å². The molecule has 0 amide bonds. The van der Waals surface area contributed by atoms with E-state index in [1.807, 2.05) is 0 Å². The van der Waals surface area contributed by atoms with Crippen molar-refractivity contribution in [3.05, 3.63) is 35.5 Å². The van der Waals surface area contributed by atoms with E-state index in [1.54, 1.807) is 23.3 Å². The first-order chi connectivity index (χ1) is 9.25. The number of carboxylic acid groups (broad SMARTS) is 1. The number of aromatic nitrogens is 4. The van der Waals surface area contributed by atoms with Gasteiger partial charge in [0.15, 0.2) is 11.5 Å². The van der Waals surface area contributed by atoms with Crippen LogP contribution in [-0.4, -0.2) is 30.8 Å². The highest BCUT2D eigenvalue weighted by Crippen LogP contribution is 2.55. The van der Waals surface area contributed by atoms with Gasteiger partial charge in [-0.1, -0.05) is 0 Å². The third kappa shape index (κ3) is 1.49. The molecule has 2 aliphatic rings. The first-order valence-corrected chi connectivity index (χ1v) is 6.37. The summed E-state index contributed by atoms with van der Waals surface area (Å²) in [6.45, 7) is 0. The molecule has 0 radical (unpaired) electrons. The summed E-state index contributed by atoms with van der Waals surface area (Å²) < 4.78 is 1.68. The standard InChI is InChI=1S/C13H12N4O2/c18-13(19)11-8-2-1-7-5-9(7)12(8)17(16-11)10-6-14-3-4-15-10/h3-4,6-7,9H,1-2,5H2,(H,18,19). The summed E-state index contributed by atoms with van der Waals surface area (Å²) in [6.07, 6.45) is 7.82. The van der Waals surface area contributed by atoms with Crippen molar-refractivity contribution in [1.29, 1.82) is 0 Å². The first-order valence-electron chi connectivity index (χ1n) is 6.37. The Morgan fingerprint density at radius 1 is 1.42 bits per heavy atom. The van der Waals surface area contributed by atoms with Crippen LogP contribution in [0.15, 0.2) is 18.6 Å². The fourth-order valence-corrected chi connectivity index (χ4v) is 3.07. The number of fused-ring (bicyclic) bond motifs is 3. The molecule has 19 heavy (non-hydrogen) atoms. The summed E-state index contributed by atoms with van der Waals surface area (Å²) >= 11 is 0. The van der Waals surface area contributed by atoms with Crippen molar-refractivity contribution in [1.82, 2.24) is 19.7 Å². The lowest BCUT2D eigenvalue weighted by Crippen LogP contribution is -2.08. The predicted octanol–water partition coefficient (Wildman–Crippen LogP) is 1.41. The minimum Gasteiger partial charge on any atom is -0.476 e. The molecular formula is C13H12N4O2. The molecular weight excluding hydrogens is 244 g/mol. The summed E-state index contributed by atoms with van der Waals surface area (Å²) in [4.78, 5) is 19.6. The largest absolute Gasteiger partial charge is 0.476 e. The zero-order valence-corrected chi connectivity index (χ0v) is 10.2. The van der Waals surface area contributed by atoms with Crippen LogP contribution in [-0.2, 0) is 6.42 Å². The number of nitrogens with zero attached hydrogens (tertiary/aromatic N) is 4. The average molecular weight is 256 g/mol. The molecule has 6 nitrogen and oxygen atoms in total. The van der Waals surface area contributed by atoms with Crippen LogP contribution in [0, 0.1) is 5.92 Å². The Kier molecular flexibility index (Phi) is 2.04. The van der Waals surface area contributed by atoms with Crippen molar-refractivity contribution < 1.29 is 9.90 Å². The van der Waals surface area contributed by atoms with E-state index < -0.39 is 5.97 Å². The average Bonchev–Trinajstić information content (AvgIpc) is 3.11. The summed E-state index contributed by atoms with van der Waals surface area (Å²) in [6, 6.07) is 0. The van der Waals surface area contributed by atoms with Gasteiger partial charge in [-0.2, -0.15) is 5.10 Å². The molecule has 1 fully saturated rings. The molecule has 6 heteroatoms. The maximum Gasteiger partial charge on any atom is 0.356 e. The van der Waals surface area contributed by atoms with Gasteiger partial charge in [-0.05, 0) is 25.2 Å². The van der Waals surface area contributed by atoms with Crippen molar-refractivity contribution in [2.45, 2.75) is 25.2 Å². The monoisotopic (exact) mass is 256 g/mol. The van der Waals surface area contributed by atoms with E-state index >= 15 is 0 Å². The van der Waals surface area contributed by atoms with Gasteiger partial charge in [0.1, 0.15) is 0 Å². The Balaban J connectivity index is 1.94. The van der Waals surface area contributed by atoms with Gasteiger partial charge in [0, 0.05) is 23.9 Å². The van der Waals surface area contributed by atoms with Crippen molar-refractivity contribution >= 4 is 5.97 Å². The van der Waals surface area contributed by atoms with Gasteiger partial charge < -0.3 is 5.11 Å². The summed E-state index contributed by atoms with van der Waals surface area (Å²) in [5.74, 6) is 0.782. The van der Waals surface area contributed by atoms with E-state index in [9.17, 15) is 9.90 Å². The Hall–Kier alpha value is -2.24. The normalized spacial score (nSPS) is 23.6. The number of hydrogen-bond donors (Lipinski definition) is 1. The van der Waals surface area contributed by atoms with Gasteiger partial charge in [-0.15, -0.1) is 0 Å². The number of carbonyl (C=O) groups is 1. The van der Waals surface area contributed by atoms with E-state index in [0.29, 0.717) is 17.7 Å². The molecule has 0 aromatic carbocycles. The van der Waals surface area contributed by atoms with Crippen molar-refractivity contribution in [3.8, 4) is 5.82 Å². The van der Waals surface area contributed by atoms with E-state index in [2.05, 4.69) is 15.1 Å². The van der Waals surface area contributed by atoms with Gasteiger partial charge in [0.25, 0.3) is 0 Å². The van der Waals surface area contributed by atoms with E-state index in [-0.39, 0.29) is 5.69 Å². The highest BCUT2D eigenvalue weighted by atomic mass is 16.4. The Labute approximate surface area is 109 Å². The molecule has 0 spiro atoms. The molecule has 0 aliphatic heterocycles. The maximum absolute atomic E-state index is 11.3. The van der Waals surface area contributed by atoms with Crippen LogP contribution in [0.4, 0.5) is 0 Å². The van der Waals surface area contributed by atoms with Crippen LogP contribution in [0.2, 0.25) is 0 Å². The fourth-order valence-electron chi connectivity index (χ4n) is 3.07. The lowest BCUT2D eigenvalue weighted by Gasteiger charge is -2.12. The molecule has 2 unspecified atom stereocenters. The number of aromatic carboxylic acids is 1. The topological polar surface area (TPSA) is 80.9 Å². The first kappa shape index (κ1) is 10.7. The second-order valence-corrected chi connectivity index (χ2v) is 5.13. The zero-order valence-electron chi connectivity index (χ0n) is 10.2. The fraction of sp³-hybridized carbons (Fsp3) is 0.385. The molecule has 2 aromatic rings. The van der Waals surface area contributed by atoms with Crippen molar-refractivity contribution in [2.24, 2.45) is 5.92 Å². The summed E-state index contributed by atoms with van der Waals surface area (Å²) in [7, 11) is 0. The lowest BCUT2D eigenvalue weighted by atomic mass is 9.96. The zero-order chi connectivity index (χ0) is 13.0. The van der Waals surface area contributed by atoms with Crippen LogP contribution in [0.3, 0.4) is 0 Å². The molecule has 96 valence electrons. The third-order valence-corrected chi connectivity index (χ3v) is 4.03. The Morgan fingerprint density at radius 2 is 2.32 bits per heavy atom. The minimum absolute atomic E-state index is 0.172. The Morgan fingerprint density at radius 3 is 3.05 bits per heavy atom. The minimum atomic E-state index is -0.960. The molecule has 0 saturated heterocycles. The lowest BCUT2D eigenvalue weighted by molar-refractivity contribution is 0.0688. The molecule has 2 aromatic heterocycles. The van der Waals surface area contributed by atoms with Crippen molar-refractivity contribution in [2.75, 3.05) is 0 Å². The van der Waals surface area contributed by atoms with Crippen LogP contribution < -0.4 is 0 Å². The van der Waals surface area contributed by atoms with Gasteiger partial charge >= 0.3 is 5.97 Å². The van der Waals surface area contributed by atoms with E-state index in [4.69, 9.17) is 0 Å². The molecule has 2 aliphatic carbocycles. The molecule has 2 atom stereocenters. The number of rotatable bonds is 2. The summed E-state index contributed by atoms with van der Waals surface area (Å²) in [5, 5.41) is 13.5. The SMILES string of the molecule is O=C(O)c1nn(-c2cnccn2)c2c1CCC1CC21. The second kappa shape index (κ2) is 3.63.